The van der Waals surface area contributed by atoms with Gasteiger partial charge in [-0.2, -0.15) is 0 Å². The predicted octanol–water partition coefficient (Wildman–Crippen LogP) is 2.90. The number of benzene rings is 1. The van der Waals surface area contributed by atoms with Gasteiger partial charge in [0.1, 0.15) is 29.2 Å². The second kappa shape index (κ2) is 15.2. The number of hydrogen-bond donors (Lipinski definition) is 1. The molecule has 0 spiro atoms. The number of para-hydroxylation sites is 1. The quantitative estimate of drug-likeness (QED) is 0.253. The smallest absolute Gasteiger partial charge is 0.482 e. The van der Waals surface area contributed by atoms with Crippen LogP contribution in [0.3, 0.4) is 0 Å². The van der Waals surface area contributed by atoms with Gasteiger partial charge in [0, 0.05) is 39.3 Å². The highest BCUT2D eigenvalue weighted by Gasteiger charge is 2.68. The van der Waals surface area contributed by atoms with Gasteiger partial charge >= 0.3 is 13.1 Å². The average molecular weight is 737 g/mol. The normalized spacial score (nSPS) is 27.8. The molecule has 3 aliphatic carbocycles. The lowest BCUT2D eigenvalue weighted by atomic mass is 9.43. The Morgan fingerprint density at radius 2 is 1.70 bits per heavy atom. The van der Waals surface area contributed by atoms with Crippen molar-refractivity contribution in [1.82, 2.24) is 30.1 Å². The third-order valence-corrected chi connectivity index (χ3v) is 12.2. The van der Waals surface area contributed by atoms with Crippen molar-refractivity contribution in [3.05, 3.63) is 40.7 Å². The zero-order valence-electron chi connectivity index (χ0n) is 32.5. The van der Waals surface area contributed by atoms with Crippen LogP contribution in [0.4, 0.5) is 0 Å². The first-order chi connectivity index (χ1) is 25.2. The fraction of sp³-hybridized carbons (Fsp3) is 0.737. The Kier molecular flexibility index (Phi) is 11.0. The summed E-state index contributed by atoms with van der Waals surface area (Å²) in [6.07, 6.45) is 2.27. The van der Waals surface area contributed by atoms with Gasteiger partial charge in [0.25, 0.3) is 0 Å². The van der Waals surface area contributed by atoms with Crippen molar-refractivity contribution in [3.63, 3.8) is 0 Å². The number of ether oxygens (including phenoxy) is 4. The van der Waals surface area contributed by atoms with Crippen LogP contribution in [0.2, 0.25) is 0 Å². The summed E-state index contributed by atoms with van der Waals surface area (Å²) in [4.78, 5) is 32.1. The second-order valence-electron chi connectivity index (χ2n) is 17.1. The van der Waals surface area contributed by atoms with E-state index >= 15 is 0 Å². The molecule has 3 aliphatic heterocycles. The van der Waals surface area contributed by atoms with E-state index in [1.807, 2.05) is 32.9 Å². The lowest BCUT2D eigenvalue weighted by molar-refractivity contribution is -0.199. The number of hydrogen-bond acceptors (Lipinski definition) is 12. The summed E-state index contributed by atoms with van der Waals surface area (Å²) in [5.74, 6) is 0.0379. The van der Waals surface area contributed by atoms with Crippen molar-refractivity contribution in [1.29, 1.82) is 0 Å². The van der Waals surface area contributed by atoms with Gasteiger partial charge in [-0.05, 0) is 75.8 Å². The molecular weight excluding hydrogens is 679 g/mol. The van der Waals surface area contributed by atoms with Gasteiger partial charge in [0.05, 0.1) is 56.9 Å². The highest BCUT2D eigenvalue weighted by atomic mass is 16.7. The Hall–Kier alpha value is -3.08. The maximum atomic E-state index is 14.2. The van der Waals surface area contributed by atoms with Crippen LogP contribution in [0.15, 0.2) is 18.2 Å². The molecule has 3 saturated carbocycles. The van der Waals surface area contributed by atoms with Crippen LogP contribution in [-0.4, -0.2) is 127 Å². The van der Waals surface area contributed by atoms with E-state index in [9.17, 15) is 9.59 Å². The minimum Gasteiger partial charge on any atom is -0.496 e. The topological polar surface area (TPSA) is 139 Å². The molecule has 6 fully saturated rings. The number of morpholine rings is 2. The molecule has 1 aromatic carbocycles. The number of rotatable bonds is 12. The molecular formula is C38H57BN6O8. The van der Waals surface area contributed by atoms with Gasteiger partial charge in [0.2, 0.25) is 5.91 Å². The molecule has 1 amide bonds. The molecule has 0 unspecified atom stereocenters. The fourth-order valence-corrected chi connectivity index (χ4v) is 9.13. The van der Waals surface area contributed by atoms with E-state index in [1.165, 1.54) is 0 Å². The summed E-state index contributed by atoms with van der Waals surface area (Å²) < 4.78 is 38.1. The Balaban J connectivity index is 1.15. The predicted molar refractivity (Wildman–Crippen MR) is 196 cm³/mol. The number of esters is 1. The van der Waals surface area contributed by atoms with E-state index in [2.05, 4.69) is 46.2 Å². The molecule has 14 nitrogen and oxygen atoms in total. The highest BCUT2D eigenvalue weighted by Crippen LogP contribution is 2.65. The van der Waals surface area contributed by atoms with Crippen LogP contribution in [0.1, 0.15) is 81.7 Å². The number of aromatic nitrogens is 3. The molecule has 8 rings (SSSR count). The molecule has 15 heteroatoms. The molecule has 2 bridgehead atoms. The van der Waals surface area contributed by atoms with E-state index in [0.29, 0.717) is 69.1 Å². The average Bonchev–Trinajstić information content (AvgIpc) is 3.67. The van der Waals surface area contributed by atoms with E-state index in [-0.39, 0.29) is 24.0 Å². The van der Waals surface area contributed by atoms with Crippen molar-refractivity contribution >= 4 is 19.0 Å². The Morgan fingerprint density at radius 1 is 1.02 bits per heavy atom. The summed E-state index contributed by atoms with van der Waals surface area (Å²) in [5, 5.41) is 12.4. The summed E-state index contributed by atoms with van der Waals surface area (Å²) in [7, 11) is 0.836. The first-order valence-corrected chi connectivity index (χ1v) is 19.3. The number of carbonyl (C=O) groups is 2. The van der Waals surface area contributed by atoms with Gasteiger partial charge in [-0.15, -0.1) is 5.10 Å². The van der Waals surface area contributed by atoms with Crippen molar-refractivity contribution in [2.45, 2.75) is 104 Å². The molecule has 4 heterocycles. The number of methoxy groups -OCH3 is 1. The molecule has 290 valence electrons. The van der Waals surface area contributed by atoms with E-state index in [4.69, 9.17) is 28.3 Å². The highest BCUT2D eigenvalue weighted by molar-refractivity contribution is 6.48. The van der Waals surface area contributed by atoms with Crippen molar-refractivity contribution in [2.75, 3.05) is 59.7 Å². The SMILES string of the molecule is COc1c(C[C@H](NC(=O)Cn2nnc(CN3CCOCC3)c2CN2CCOCC2)B2O[C@@H]3C[C@@H]4C[C@@H](C4(C)C)[C@]3(C)O2)cccc1C(=O)OC(C)(C)C. The molecule has 3 saturated heterocycles. The first-order valence-electron chi connectivity index (χ1n) is 19.3. The lowest BCUT2D eigenvalue weighted by Crippen LogP contribution is -2.65. The first kappa shape index (κ1) is 38.2. The Labute approximate surface area is 313 Å². The van der Waals surface area contributed by atoms with Gasteiger partial charge in [-0.3, -0.25) is 14.6 Å². The van der Waals surface area contributed by atoms with Crippen LogP contribution < -0.4 is 10.1 Å². The zero-order chi connectivity index (χ0) is 37.5. The van der Waals surface area contributed by atoms with Crippen molar-refractivity contribution < 1.29 is 37.8 Å². The summed E-state index contributed by atoms with van der Waals surface area (Å²) in [6.45, 7) is 19.5. The van der Waals surface area contributed by atoms with Crippen LogP contribution >= 0.6 is 0 Å². The molecule has 5 atom stereocenters. The van der Waals surface area contributed by atoms with Gasteiger partial charge < -0.3 is 33.6 Å². The fourth-order valence-electron chi connectivity index (χ4n) is 9.13. The van der Waals surface area contributed by atoms with Gasteiger partial charge in [0.15, 0.2) is 0 Å². The van der Waals surface area contributed by atoms with Gasteiger partial charge in [-0.1, -0.05) is 31.2 Å². The van der Waals surface area contributed by atoms with Crippen LogP contribution in [-0.2, 0) is 54.4 Å². The third-order valence-electron chi connectivity index (χ3n) is 12.2. The number of carbonyl (C=O) groups excluding carboxylic acids is 2. The second-order valence-corrected chi connectivity index (χ2v) is 17.1. The monoisotopic (exact) mass is 736 g/mol. The molecule has 2 aromatic rings. The largest absolute Gasteiger partial charge is 0.496 e. The van der Waals surface area contributed by atoms with E-state index in [1.54, 1.807) is 17.9 Å². The standard InChI is InChI=1S/C38H57BN6O8/c1-36(2,3)51-35(47)27-10-8-9-25(34(27)48-7)19-32(39-52-31-21-26-20-30(37(26,4)5)38(31,6)53-39)40-33(46)24-45-29(23-44-13-17-50-18-14-44)28(41-42-45)22-43-11-15-49-16-12-43/h8-10,26,30-32H,11-24H2,1-7H3,(H,40,46)/t26-,30-,31+,32-,38-/m0/s1. The molecule has 1 aromatic heterocycles. The van der Waals surface area contributed by atoms with E-state index < -0.39 is 30.2 Å². The van der Waals surface area contributed by atoms with Gasteiger partial charge in [-0.25, -0.2) is 9.48 Å². The van der Waals surface area contributed by atoms with Crippen LogP contribution in [0.25, 0.3) is 0 Å². The zero-order valence-corrected chi connectivity index (χ0v) is 32.5. The van der Waals surface area contributed by atoms with Crippen molar-refractivity contribution in [3.8, 4) is 5.75 Å². The Morgan fingerprint density at radius 3 is 2.34 bits per heavy atom. The minimum absolute atomic E-state index is 0.0213. The minimum atomic E-state index is -0.709. The summed E-state index contributed by atoms with van der Waals surface area (Å²) in [6, 6.07) is 5.42. The lowest BCUT2D eigenvalue weighted by Gasteiger charge is -2.64. The maximum Gasteiger partial charge on any atom is 0.482 e. The Bertz CT molecular complexity index is 1640. The maximum absolute atomic E-state index is 14.2. The van der Waals surface area contributed by atoms with Crippen LogP contribution in [0.5, 0.6) is 5.75 Å². The molecule has 6 aliphatic rings. The van der Waals surface area contributed by atoms with Crippen LogP contribution in [0, 0.1) is 17.3 Å². The summed E-state index contributed by atoms with van der Waals surface area (Å²) >= 11 is 0. The van der Waals surface area contributed by atoms with E-state index in [0.717, 1.165) is 56.0 Å². The third kappa shape index (κ3) is 8.02. The number of nitrogens with zero attached hydrogens (tertiary/aromatic N) is 5. The number of nitrogens with one attached hydrogen (secondary N) is 1. The molecule has 53 heavy (non-hydrogen) atoms. The molecule has 0 radical (unpaired) electrons. The summed E-state index contributed by atoms with van der Waals surface area (Å²) in [5.41, 5.74) is 1.86. The number of amides is 1. The molecule has 1 N–H and O–H groups in total. The van der Waals surface area contributed by atoms with Crippen molar-refractivity contribution in [2.24, 2.45) is 17.3 Å².